The van der Waals surface area contributed by atoms with Crippen molar-refractivity contribution >= 4 is 28.7 Å². The highest BCUT2D eigenvalue weighted by molar-refractivity contribution is 8.02. The molecule has 3 atom stereocenters. The second kappa shape index (κ2) is 6.84. The number of nitrogens with two attached hydrogens (primary N) is 1. The first-order valence-electron chi connectivity index (χ1n) is 8.36. The van der Waals surface area contributed by atoms with Crippen LogP contribution in [0.2, 0.25) is 0 Å². The molecule has 0 bridgehead atoms. The van der Waals surface area contributed by atoms with Crippen molar-refractivity contribution in [3.05, 3.63) is 53.1 Å². The Labute approximate surface area is 159 Å². The van der Waals surface area contributed by atoms with Crippen molar-refractivity contribution in [1.82, 2.24) is 19.5 Å². The average Bonchev–Trinajstić information content (AvgIpc) is 3.18. The number of benzene rings is 1. The average molecular weight is 385 g/mol. The second-order valence-corrected chi connectivity index (χ2v) is 7.27. The molecule has 4 N–H and O–H groups in total. The lowest BCUT2D eigenvalue weighted by molar-refractivity contribution is -0.0118. The number of aliphatic hydroxyl groups excluding tert-OH is 2. The van der Waals surface area contributed by atoms with Crippen LogP contribution < -0.4 is 5.73 Å². The summed E-state index contributed by atoms with van der Waals surface area (Å²) >= 11 is 1.45. The van der Waals surface area contributed by atoms with E-state index in [0.29, 0.717) is 16.9 Å². The van der Waals surface area contributed by atoms with E-state index in [1.54, 1.807) is 9.98 Å². The molecule has 27 heavy (non-hydrogen) atoms. The standard InChI is InChI=1S/C18H19N5O3S/c1-9-4-3-5-10(2)15(9)27-6-11-13(24)14(25)18(26-11)23-8-22-12-16(19)20-7-21-17(12)23/h3-8,13-14,18,24-25H,1-2H3,(H2,19,20,21)/b11-6+/t13-,14-,18?/m1/s1. The molecule has 1 fully saturated rings. The number of nitrogen functional groups attached to an aromatic ring is 1. The molecule has 3 aromatic rings. The molecule has 1 saturated heterocycles. The molecule has 8 nitrogen and oxygen atoms in total. The predicted octanol–water partition coefficient (Wildman–Crippen LogP) is 1.91. The van der Waals surface area contributed by atoms with Crippen LogP contribution in [0.5, 0.6) is 0 Å². The van der Waals surface area contributed by atoms with E-state index >= 15 is 0 Å². The highest BCUT2D eigenvalue weighted by Gasteiger charge is 2.41. The number of ether oxygens (including phenoxy) is 1. The highest BCUT2D eigenvalue weighted by atomic mass is 32.2. The third kappa shape index (κ3) is 3.03. The maximum Gasteiger partial charge on any atom is 0.207 e. The van der Waals surface area contributed by atoms with Gasteiger partial charge in [-0.1, -0.05) is 30.0 Å². The van der Waals surface area contributed by atoms with Crippen LogP contribution in [0.3, 0.4) is 0 Å². The molecule has 1 aliphatic heterocycles. The Balaban J connectivity index is 1.63. The molecule has 0 aliphatic carbocycles. The van der Waals surface area contributed by atoms with Crippen LogP contribution in [-0.2, 0) is 4.74 Å². The molecule has 0 saturated carbocycles. The van der Waals surface area contributed by atoms with Crippen molar-refractivity contribution in [2.45, 2.75) is 37.2 Å². The molecule has 1 aliphatic rings. The summed E-state index contributed by atoms with van der Waals surface area (Å²) < 4.78 is 7.39. The van der Waals surface area contributed by atoms with Gasteiger partial charge in [-0.2, -0.15) is 0 Å². The lowest BCUT2D eigenvalue weighted by Gasteiger charge is -2.15. The largest absolute Gasteiger partial charge is 0.468 e. The van der Waals surface area contributed by atoms with E-state index in [1.165, 1.54) is 24.4 Å². The van der Waals surface area contributed by atoms with Gasteiger partial charge in [0.25, 0.3) is 0 Å². The lowest BCUT2D eigenvalue weighted by atomic mass is 10.2. The predicted molar refractivity (Wildman–Crippen MR) is 102 cm³/mol. The molecule has 2 aromatic heterocycles. The Morgan fingerprint density at radius 2 is 1.93 bits per heavy atom. The maximum atomic E-state index is 10.5. The Morgan fingerprint density at radius 1 is 1.19 bits per heavy atom. The number of imidazole rings is 1. The third-order valence-corrected chi connectivity index (χ3v) is 5.76. The summed E-state index contributed by atoms with van der Waals surface area (Å²) in [5.41, 5.74) is 8.92. The van der Waals surface area contributed by atoms with Crippen molar-refractivity contribution in [2.75, 3.05) is 5.73 Å². The fraction of sp³-hybridized carbons (Fsp3) is 0.278. The molecular weight excluding hydrogens is 366 g/mol. The highest BCUT2D eigenvalue weighted by Crippen LogP contribution is 2.37. The first-order chi connectivity index (χ1) is 13.0. The number of aryl methyl sites for hydroxylation is 2. The lowest BCUT2D eigenvalue weighted by Crippen LogP contribution is -2.27. The summed E-state index contributed by atoms with van der Waals surface area (Å²) in [7, 11) is 0. The first-order valence-corrected chi connectivity index (χ1v) is 9.24. The van der Waals surface area contributed by atoms with E-state index in [1.807, 2.05) is 32.0 Å². The maximum absolute atomic E-state index is 10.5. The van der Waals surface area contributed by atoms with E-state index in [9.17, 15) is 10.2 Å². The topological polar surface area (TPSA) is 119 Å². The quantitative estimate of drug-likeness (QED) is 0.585. The van der Waals surface area contributed by atoms with Crippen molar-refractivity contribution in [2.24, 2.45) is 0 Å². The smallest absolute Gasteiger partial charge is 0.207 e. The van der Waals surface area contributed by atoms with E-state index in [4.69, 9.17) is 10.5 Å². The molecule has 9 heteroatoms. The van der Waals surface area contributed by atoms with Crippen molar-refractivity contribution < 1.29 is 14.9 Å². The van der Waals surface area contributed by atoms with Gasteiger partial charge in [0.05, 0.1) is 0 Å². The van der Waals surface area contributed by atoms with Gasteiger partial charge in [-0.05, 0) is 25.0 Å². The SMILES string of the molecule is Cc1cccc(C)c1S/C=C1/OC(n2cnc3c(N)ncnc32)[C@H](O)[C@@H]1O. The van der Waals surface area contributed by atoms with E-state index in [0.717, 1.165) is 16.0 Å². The Kier molecular flexibility index (Phi) is 4.50. The van der Waals surface area contributed by atoms with Gasteiger partial charge in [0.2, 0.25) is 6.23 Å². The minimum atomic E-state index is -1.16. The van der Waals surface area contributed by atoms with E-state index < -0.39 is 18.4 Å². The van der Waals surface area contributed by atoms with Gasteiger partial charge in [0.15, 0.2) is 11.5 Å². The number of aliphatic hydroxyl groups is 2. The van der Waals surface area contributed by atoms with Crippen LogP contribution >= 0.6 is 11.8 Å². The minimum Gasteiger partial charge on any atom is -0.468 e. The summed E-state index contributed by atoms with van der Waals surface area (Å²) in [5.74, 6) is 0.539. The van der Waals surface area contributed by atoms with E-state index in [2.05, 4.69) is 15.0 Å². The van der Waals surface area contributed by atoms with Gasteiger partial charge >= 0.3 is 0 Å². The number of aromatic nitrogens is 4. The summed E-state index contributed by atoms with van der Waals surface area (Å²) in [4.78, 5) is 13.3. The number of fused-ring (bicyclic) bond motifs is 1. The normalized spacial score (nSPS) is 23.9. The zero-order valence-corrected chi connectivity index (χ0v) is 15.6. The van der Waals surface area contributed by atoms with Crippen LogP contribution in [0.25, 0.3) is 11.2 Å². The van der Waals surface area contributed by atoms with Crippen molar-refractivity contribution in [3.63, 3.8) is 0 Å². The van der Waals surface area contributed by atoms with Crippen molar-refractivity contribution in [3.8, 4) is 0 Å². The van der Waals surface area contributed by atoms with Crippen molar-refractivity contribution in [1.29, 1.82) is 0 Å². The summed E-state index contributed by atoms with van der Waals surface area (Å²) in [6.07, 6.45) is -0.380. The zero-order valence-electron chi connectivity index (χ0n) is 14.8. The van der Waals surface area contributed by atoms with Crippen LogP contribution in [-0.4, -0.2) is 41.9 Å². The molecule has 0 spiro atoms. The van der Waals surface area contributed by atoms with Gasteiger partial charge in [0, 0.05) is 10.3 Å². The van der Waals surface area contributed by atoms with Gasteiger partial charge in [0.1, 0.15) is 36.1 Å². The van der Waals surface area contributed by atoms with Gasteiger partial charge < -0.3 is 20.7 Å². The Hall–Kier alpha value is -2.62. The molecular formula is C18H19N5O3S. The monoisotopic (exact) mass is 385 g/mol. The van der Waals surface area contributed by atoms with Gasteiger partial charge in [-0.15, -0.1) is 0 Å². The van der Waals surface area contributed by atoms with Gasteiger partial charge in [-0.25, -0.2) is 15.0 Å². The molecule has 3 heterocycles. The minimum absolute atomic E-state index is 0.244. The number of rotatable bonds is 3. The van der Waals surface area contributed by atoms with Crippen LogP contribution in [0.1, 0.15) is 17.4 Å². The zero-order chi connectivity index (χ0) is 19.1. The fourth-order valence-corrected chi connectivity index (χ4v) is 4.02. The number of hydrogen-bond donors (Lipinski definition) is 3. The fourth-order valence-electron chi connectivity index (χ4n) is 3.08. The molecule has 1 aromatic carbocycles. The number of thioether (sulfide) groups is 1. The molecule has 140 valence electrons. The molecule has 0 amide bonds. The van der Waals surface area contributed by atoms with Crippen LogP contribution in [0.15, 0.2) is 46.9 Å². The first kappa shape index (κ1) is 17.8. The molecule has 0 radical (unpaired) electrons. The molecule has 4 rings (SSSR count). The number of nitrogens with zero attached hydrogens (tertiary/aromatic N) is 4. The third-order valence-electron chi connectivity index (χ3n) is 4.53. The van der Waals surface area contributed by atoms with Gasteiger partial charge in [-0.3, -0.25) is 4.57 Å². The second-order valence-electron chi connectivity index (χ2n) is 6.39. The van der Waals surface area contributed by atoms with Crippen LogP contribution in [0.4, 0.5) is 5.82 Å². The Bertz CT molecular complexity index is 1010. The number of anilines is 1. The van der Waals surface area contributed by atoms with Crippen LogP contribution in [0, 0.1) is 13.8 Å². The Morgan fingerprint density at radius 3 is 2.67 bits per heavy atom. The van der Waals surface area contributed by atoms with E-state index in [-0.39, 0.29) is 5.82 Å². The summed E-state index contributed by atoms with van der Waals surface area (Å²) in [6.45, 7) is 4.05. The summed E-state index contributed by atoms with van der Waals surface area (Å²) in [6, 6.07) is 6.05. The summed E-state index contributed by atoms with van der Waals surface area (Å²) in [5, 5.41) is 22.6. The number of hydrogen-bond acceptors (Lipinski definition) is 8. The molecule has 1 unspecified atom stereocenters.